The molecule has 0 radical (unpaired) electrons. The summed E-state index contributed by atoms with van der Waals surface area (Å²) < 4.78 is 2.23. The van der Waals surface area contributed by atoms with Crippen molar-refractivity contribution < 1.29 is 0 Å². The van der Waals surface area contributed by atoms with E-state index in [0.717, 1.165) is 37.1 Å². The van der Waals surface area contributed by atoms with E-state index in [4.69, 9.17) is 0 Å². The molecule has 0 unspecified atom stereocenters. The number of guanidine groups is 1. The summed E-state index contributed by atoms with van der Waals surface area (Å²) >= 11 is 0. The zero-order chi connectivity index (χ0) is 13.7. The fourth-order valence-corrected chi connectivity index (χ4v) is 2.18. The van der Waals surface area contributed by atoms with E-state index < -0.39 is 0 Å². The quantitative estimate of drug-likeness (QED) is 0.627. The first kappa shape index (κ1) is 13.8. The van der Waals surface area contributed by atoms with Crippen molar-refractivity contribution in [2.45, 2.75) is 46.2 Å². The summed E-state index contributed by atoms with van der Waals surface area (Å²) in [5, 5.41) is 15.1. The van der Waals surface area contributed by atoms with E-state index in [1.54, 1.807) is 7.05 Å². The van der Waals surface area contributed by atoms with Crippen LogP contribution in [-0.4, -0.2) is 34.3 Å². The van der Waals surface area contributed by atoms with Crippen LogP contribution in [0.3, 0.4) is 0 Å². The number of nitrogens with zero attached hydrogens (tertiary/aromatic N) is 4. The molecule has 0 atom stereocenters. The van der Waals surface area contributed by atoms with Crippen molar-refractivity contribution in [3.8, 4) is 0 Å². The highest BCUT2D eigenvalue weighted by atomic mass is 15.3. The maximum absolute atomic E-state index is 4.27. The van der Waals surface area contributed by atoms with Gasteiger partial charge >= 0.3 is 0 Å². The predicted molar refractivity (Wildman–Crippen MR) is 76.0 cm³/mol. The van der Waals surface area contributed by atoms with Crippen LogP contribution in [0.1, 0.15) is 38.3 Å². The first-order valence-corrected chi connectivity index (χ1v) is 7.06. The largest absolute Gasteiger partial charge is 0.356 e. The number of hydrogen-bond donors (Lipinski definition) is 2. The Morgan fingerprint density at radius 1 is 1.32 bits per heavy atom. The molecule has 2 heterocycles. The summed E-state index contributed by atoms with van der Waals surface area (Å²) in [4.78, 5) is 4.21. The van der Waals surface area contributed by atoms with Gasteiger partial charge in [0.25, 0.3) is 0 Å². The number of aliphatic imine (C=N–C) groups is 1. The highest BCUT2D eigenvalue weighted by molar-refractivity contribution is 5.79. The molecule has 0 aromatic carbocycles. The second kappa shape index (κ2) is 6.54. The summed E-state index contributed by atoms with van der Waals surface area (Å²) in [7, 11) is 1.79. The van der Waals surface area contributed by atoms with E-state index in [9.17, 15) is 0 Å². The number of rotatable bonds is 4. The molecule has 0 amide bonds. The summed E-state index contributed by atoms with van der Waals surface area (Å²) in [6.45, 7) is 6.98. The lowest BCUT2D eigenvalue weighted by molar-refractivity contribution is 0.504. The molecular formula is C13H24N6. The Morgan fingerprint density at radius 2 is 2.16 bits per heavy atom. The zero-order valence-electron chi connectivity index (χ0n) is 12.1. The first-order chi connectivity index (χ1) is 9.20. The van der Waals surface area contributed by atoms with Crippen LogP contribution in [0.2, 0.25) is 0 Å². The van der Waals surface area contributed by atoms with Crippen molar-refractivity contribution in [2.24, 2.45) is 10.9 Å². The SMILES string of the molecule is CN=C(NCc1nnc2n1CCCC2)NCC(C)C. The van der Waals surface area contributed by atoms with Gasteiger partial charge in [0, 0.05) is 26.6 Å². The second-order valence-corrected chi connectivity index (χ2v) is 5.34. The lowest BCUT2D eigenvalue weighted by Gasteiger charge is -2.16. The first-order valence-electron chi connectivity index (χ1n) is 7.06. The van der Waals surface area contributed by atoms with Gasteiger partial charge in [-0.3, -0.25) is 4.99 Å². The molecule has 0 spiro atoms. The third-order valence-corrected chi connectivity index (χ3v) is 3.25. The minimum Gasteiger partial charge on any atom is -0.356 e. The maximum atomic E-state index is 4.27. The number of fused-ring (bicyclic) bond motifs is 1. The monoisotopic (exact) mass is 264 g/mol. The van der Waals surface area contributed by atoms with E-state index >= 15 is 0 Å². The molecule has 2 N–H and O–H groups in total. The minimum atomic E-state index is 0.597. The predicted octanol–water partition coefficient (Wildman–Crippen LogP) is 0.935. The maximum Gasteiger partial charge on any atom is 0.191 e. The summed E-state index contributed by atoms with van der Waals surface area (Å²) in [6.07, 6.45) is 3.49. The van der Waals surface area contributed by atoms with E-state index in [-0.39, 0.29) is 0 Å². The Hall–Kier alpha value is -1.59. The standard InChI is InChI=1S/C13H24N6/c1-10(2)8-15-13(14-3)16-9-12-18-17-11-6-4-5-7-19(11)12/h10H,4-9H2,1-3H3,(H2,14,15,16). The van der Waals surface area contributed by atoms with Gasteiger partial charge in [0.2, 0.25) is 0 Å². The van der Waals surface area contributed by atoms with Crippen LogP contribution in [0.25, 0.3) is 0 Å². The highest BCUT2D eigenvalue weighted by Crippen LogP contribution is 2.13. The molecule has 1 aliphatic rings. The number of aromatic nitrogens is 3. The van der Waals surface area contributed by atoms with Crippen molar-refractivity contribution in [1.82, 2.24) is 25.4 Å². The van der Waals surface area contributed by atoms with Gasteiger partial charge in [0.15, 0.2) is 11.8 Å². The molecule has 0 bridgehead atoms. The fourth-order valence-electron chi connectivity index (χ4n) is 2.18. The molecule has 0 saturated carbocycles. The highest BCUT2D eigenvalue weighted by Gasteiger charge is 2.15. The summed E-state index contributed by atoms with van der Waals surface area (Å²) in [6, 6.07) is 0. The fraction of sp³-hybridized carbons (Fsp3) is 0.769. The Bertz CT molecular complexity index is 434. The molecule has 2 rings (SSSR count). The minimum absolute atomic E-state index is 0.597. The molecule has 1 aromatic heterocycles. The van der Waals surface area contributed by atoms with Crippen LogP contribution in [-0.2, 0) is 19.5 Å². The van der Waals surface area contributed by atoms with E-state index in [1.165, 1.54) is 12.8 Å². The topological polar surface area (TPSA) is 67.1 Å². The van der Waals surface area contributed by atoms with Gasteiger partial charge in [-0.25, -0.2) is 0 Å². The van der Waals surface area contributed by atoms with E-state index in [0.29, 0.717) is 12.5 Å². The zero-order valence-corrected chi connectivity index (χ0v) is 12.1. The Labute approximate surface area is 114 Å². The van der Waals surface area contributed by atoms with Crippen LogP contribution >= 0.6 is 0 Å². The molecule has 19 heavy (non-hydrogen) atoms. The molecule has 0 saturated heterocycles. The number of aryl methyl sites for hydroxylation is 1. The number of hydrogen-bond acceptors (Lipinski definition) is 3. The molecule has 6 nitrogen and oxygen atoms in total. The molecule has 6 heteroatoms. The van der Waals surface area contributed by atoms with Crippen LogP contribution in [0.15, 0.2) is 4.99 Å². The Morgan fingerprint density at radius 3 is 2.89 bits per heavy atom. The van der Waals surface area contributed by atoms with Crippen LogP contribution < -0.4 is 10.6 Å². The van der Waals surface area contributed by atoms with Gasteiger partial charge < -0.3 is 15.2 Å². The average Bonchev–Trinajstić information content (AvgIpc) is 2.82. The van der Waals surface area contributed by atoms with Gasteiger partial charge in [0.05, 0.1) is 6.54 Å². The Kier molecular flexibility index (Phi) is 4.76. The molecule has 106 valence electrons. The molecule has 1 aliphatic heterocycles. The third kappa shape index (κ3) is 3.68. The van der Waals surface area contributed by atoms with Gasteiger partial charge in [-0.2, -0.15) is 0 Å². The van der Waals surface area contributed by atoms with Gasteiger partial charge in [0.1, 0.15) is 5.82 Å². The normalized spacial score (nSPS) is 15.5. The third-order valence-electron chi connectivity index (χ3n) is 3.25. The average molecular weight is 264 g/mol. The second-order valence-electron chi connectivity index (χ2n) is 5.34. The summed E-state index contributed by atoms with van der Waals surface area (Å²) in [5.41, 5.74) is 0. The van der Waals surface area contributed by atoms with E-state index in [1.807, 2.05) is 0 Å². The van der Waals surface area contributed by atoms with Crippen molar-refractivity contribution >= 4 is 5.96 Å². The van der Waals surface area contributed by atoms with Crippen LogP contribution in [0, 0.1) is 5.92 Å². The lowest BCUT2D eigenvalue weighted by Crippen LogP contribution is -2.39. The number of nitrogens with one attached hydrogen (secondary N) is 2. The molecular weight excluding hydrogens is 240 g/mol. The van der Waals surface area contributed by atoms with Gasteiger partial charge in [-0.15, -0.1) is 10.2 Å². The van der Waals surface area contributed by atoms with Crippen LogP contribution in [0.5, 0.6) is 0 Å². The van der Waals surface area contributed by atoms with Gasteiger partial charge in [-0.1, -0.05) is 13.8 Å². The molecule has 0 fully saturated rings. The Balaban J connectivity index is 1.89. The van der Waals surface area contributed by atoms with Crippen molar-refractivity contribution in [2.75, 3.05) is 13.6 Å². The van der Waals surface area contributed by atoms with E-state index in [2.05, 4.69) is 44.2 Å². The van der Waals surface area contributed by atoms with Crippen molar-refractivity contribution in [3.05, 3.63) is 11.6 Å². The molecule has 0 aliphatic carbocycles. The molecule has 1 aromatic rings. The lowest BCUT2D eigenvalue weighted by atomic mass is 10.2. The smallest absolute Gasteiger partial charge is 0.191 e. The van der Waals surface area contributed by atoms with Gasteiger partial charge in [-0.05, 0) is 18.8 Å². The van der Waals surface area contributed by atoms with Crippen molar-refractivity contribution in [1.29, 1.82) is 0 Å². The van der Waals surface area contributed by atoms with Crippen LogP contribution in [0.4, 0.5) is 0 Å². The van der Waals surface area contributed by atoms with Crippen molar-refractivity contribution in [3.63, 3.8) is 0 Å². The summed E-state index contributed by atoms with van der Waals surface area (Å²) in [5.74, 6) is 3.54.